The molecule has 2 N–H and O–H groups in total. The molecule has 0 spiro atoms. The van der Waals surface area contributed by atoms with Gasteiger partial charge in [0.2, 0.25) is 5.91 Å². The van der Waals surface area contributed by atoms with Gasteiger partial charge in [-0.3, -0.25) is 14.5 Å². The van der Waals surface area contributed by atoms with Gasteiger partial charge in [-0.25, -0.2) is 0 Å². The fourth-order valence-electron chi connectivity index (χ4n) is 5.83. The van der Waals surface area contributed by atoms with Gasteiger partial charge in [0.25, 0.3) is 5.91 Å². The molecule has 5 rings (SSSR count). The Bertz CT molecular complexity index is 1330. The van der Waals surface area contributed by atoms with Crippen molar-refractivity contribution in [3.05, 3.63) is 64.8 Å². The predicted molar refractivity (Wildman–Crippen MR) is 146 cm³/mol. The van der Waals surface area contributed by atoms with Crippen LogP contribution in [-0.2, 0) is 11.0 Å². The lowest BCUT2D eigenvalue weighted by Crippen LogP contribution is -2.45. The third-order valence-electron chi connectivity index (χ3n) is 7.94. The largest absolute Gasteiger partial charge is 0.418 e. The molecule has 0 atom stereocenters. The standard InChI is InChI=1S/C29H32ClF3N4O2/c30-21-9-10-24-20(15-21)16-25(35-24)28(39)37(26-8-4-3-7-23(26)29(31,32)33)18-27(38)34-17-19-11-13-36(14-12-19)22-5-1-2-6-22/h3-4,7-10,15-16,19,22,35H,1-2,5-6,11-14,17-18H2,(H,34,38). The van der Waals surface area contributed by atoms with E-state index in [1.54, 1.807) is 18.2 Å². The number of anilines is 1. The topological polar surface area (TPSA) is 68.4 Å². The summed E-state index contributed by atoms with van der Waals surface area (Å²) in [6.07, 6.45) is 2.33. The molecule has 208 valence electrons. The lowest BCUT2D eigenvalue weighted by Gasteiger charge is -2.36. The number of benzene rings is 2. The van der Waals surface area contributed by atoms with E-state index in [0.717, 1.165) is 36.9 Å². The van der Waals surface area contributed by atoms with Crippen molar-refractivity contribution < 1.29 is 22.8 Å². The summed E-state index contributed by atoms with van der Waals surface area (Å²) in [5.41, 5.74) is -0.673. The summed E-state index contributed by atoms with van der Waals surface area (Å²) in [6, 6.07) is 12.0. The van der Waals surface area contributed by atoms with E-state index in [9.17, 15) is 22.8 Å². The number of aromatic amines is 1. The van der Waals surface area contributed by atoms with Crippen LogP contribution < -0.4 is 10.2 Å². The number of amides is 2. The second-order valence-corrected chi connectivity index (χ2v) is 11.0. The van der Waals surface area contributed by atoms with Gasteiger partial charge in [0.1, 0.15) is 12.2 Å². The van der Waals surface area contributed by atoms with Crippen LogP contribution in [0.1, 0.15) is 54.6 Å². The number of hydrogen-bond acceptors (Lipinski definition) is 3. The van der Waals surface area contributed by atoms with E-state index in [2.05, 4.69) is 15.2 Å². The highest BCUT2D eigenvalue weighted by molar-refractivity contribution is 6.31. The molecule has 1 aliphatic carbocycles. The highest BCUT2D eigenvalue weighted by atomic mass is 35.5. The smallest absolute Gasteiger partial charge is 0.354 e. The average Bonchev–Trinajstić information content (AvgIpc) is 3.60. The van der Waals surface area contributed by atoms with Gasteiger partial charge in [0.15, 0.2) is 0 Å². The number of halogens is 4. The van der Waals surface area contributed by atoms with E-state index in [-0.39, 0.29) is 11.4 Å². The fourth-order valence-corrected chi connectivity index (χ4v) is 6.01. The van der Waals surface area contributed by atoms with Crippen LogP contribution in [0.5, 0.6) is 0 Å². The molecule has 2 aliphatic rings. The van der Waals surface area contributed by atoms with Crippen molar-refractivity contribution in [3.8, 4) is 0 Å². The number of aromatic nitrogens is 1. The Labute approximate surface area is 230 Å². The molecule has 0 radical (unpaired) electrons. The lowest BCUT2D eigenvalue weighted by molar-refractivity contribution is -0.137. The Morgan fingerprint density at radius 3 is 2.46 bits per heavy atom. The minimum atomic E-state index is -4.70. The number of alkyl halides is 3. The van der Waals surface area contributed by atoms with E-state index in [4.69, 9.17) is 11.6 Å². The zero-order valence-corrected chi connectivity index (χ0v) is 22.3. The minimum Gasteiger partial charge on any atom is -0.354 e. The first kappa shape index (κ1) is 27.5. The first-order chi connectivity index (χ1) is 18.7. The molecule has 1 aromatic heterocycles. The van der Waals surface area contributed by atoms with Gasteiger partial charge in [-0.05, 0) is 81.1 Å². The third kappa shape index (κ3) is 6.41. The molecule has 2 fully saturated rings. The van der Waals surface area contributed by atoms with Crippen LogP contribution in [0.2, 0.25) is 5.02 Å². The van der Waals surface area contributed by atoms with Crippen molar-refractivity contribution >= 4 is 40.0 Å². The highest BCUT2D eigenvalue weighted by Gasteiger charge is 2.37. The zero-order chi connectivity index (χ0) is 27.6. The van der Waals surface area contributed by atoms with Crippen molar-refractivity contribution in [1.82, 2.24) is 15.2 Å². The first-order valence-electron chi connectivity index (χ1n) is 13.5. The Morgan fingerprint density at radius 2 is 1.74 bits per heavy atom. The highest BCUT2D eigenvalue weighted by Crippen LogP contribution is 2.37. The Balaban J connectivity index is 1.31. The number of fused-ring (bicyclic) bond motifs is 1. The zero-order valence-electron chi connectivity index (χ0n) is 21.6. The van der Waals surface area contributed by atoms with Crippen LogP contribution >= 0.6 is 11.6 Å². The number of carbonyl (C=O) groups is 2. The van der Waals surface area contributed by atoms with Gasteiger partial charge in [-0.15, -0.1) is 0 Å². The molecule has 2 aromatic carbocycles. The molecule has 1 aliphatic heterocycles. The number of para-hydroxylation sites is 1. The Hall–Kier alpha value is -3.04. The van der Waals surface area contributed by atoms with Crippen molar-refractivity contribution in [2.75, 3.05) is 31.1 Å². The summed E-state index contributed by atoms with van der Waals surface area (Å²) in [5.74, 6) is -0.937. The minimum absolute atomic E-state index is 0.0660. The Kier molecular flexibility index (Phi) is 8.19. The van der Waals surface area contributed by atoms with Gasteiger partial charge in [-0.2, -0.15) is 13.2 Å². The van der Waals surface area contributed by atoms with Crippen LogP contribution in [0.25, 0.3) is 10.9 Å². The van der Waals surface area contributed by atoms with Gasteiger partial charge >= 0.3 is 6.18 Å². The van der Waals surface area contributed by atoms with Crippen LogP contribution in [-0.4, -0.2) is 53.9 Å². The van der Waals surface area contributed by atoms with Gasteiger partial charge in [0.05, 0.1) is 11.3 Å². The van der Waals surface area contributed by atoms with E-state index in [1.165, 1.54) is 49.9 Å². The van der Waals surface area contributed by atoms with Crippen LogP contribution in [0.3, 0.4) is 0 Å². The summed E-state index contributed by atoms with van der Waals surface area (Å²) in [7, 11) is 0. The van der Waals surface area contributed by atoms with Crippen LogP contribution in [0.4, 0.5) is 18.9 Å². The SMILES string of the molecule is O=C(CN(C(=O)c1cc2cc(Cl)ccc2[nH]1)c1ccccc1C(F)(F)F)NCC1CCN(C2CCCC2)CC1. The van der Waals surface area contributed by atoms with Gasteiger partial charge in [-0.1, -0.05) is 36.6 Å². The molecule has 3 aromatic rings. The normalized spacial score (nSPS) is 17.5. The number of likely N-dealkylation sites (tertiary alicyclic amines) is 1. The molecule has 0 unspecified atom stereocenters. The molecule has 1 saturated carbocycles. The number of hydrogen-bond donors (Lipinski definition) is 2. The molecule has 2 amide bonds. The number of nitrogens with one attached hydrogen (secondary N) is 2. The van der Waals surface area contributed by atoms with Gasteiger partial charge < -0.3 is 15.2 Å². The number of carbonyl (C=O) groups excluding carboxylic acids is 2. The van der Waals surface area contributed by atoms with Crippen molar-refractivity contribution in [2.45, 2.75) is 50.7 Å². The molecule has 2 heterocycles. The molecule has 6 nitrogen and oxygen atoms in total. The maximum absolute atomic E-state index is 13.9. The lowest BCUT2D eigenvalue weighted by atomic mass is 9.95. The summed E-state index contributed by atoms with van der Waals surface area (Å²) in [4.78, 5) is 33.0. The van der Waals surface area contributed by atoms with Crippen molar-refractivity contribution in [1.29, 1.82) is 0 Å². The second-order valence-electron chi connectivity index (χ2n) is 10.5. The monoisotopic (exact) mass is 560 g/mol. The van der Waals surface area contributed by atoms with Crippen LogP contribution in [0, 0.1) is 5.92 Å². The maximum Gasteiger partial charge on any atom is 0.418 e. The summed E-state index contributed by atoms with van der Waals surface area (Å²) in [5, 5.41) is 3.98. The number of rotatable bonds is 7. The second kappa shape index (κ2) is 11.6. The number of H-pyrrole nitrogens is 1. The van der Waals surface area contributed by atoms with Crippen molar-refractivity contribution in [3.63, 3.8) is 0 Å². The van der Waals surface area contributed by atoms with Crippen molar-refractivity contribution in [2.24, 2.45) is 5.92 Å². The Morgan fingerprint density at radius 1 is 1.03 bits per heavy atom. The molecule has 1 saturated heterocycles. The van der Waals surface area contributed by atoms with E-state index in [1.807, 2.05) is 0 Å². The first-order valence-corrected chi connectivity index (χ1v) is 13.8. The average molecular weight is 561 g/mol. The fraction of sp³-hybridized carbons (Fsp3) is 0.448. The predicted octanol–water partition coefficient (Wildman–Crippen LogP) is 6.26. The number of piperidine rings is 1. The molecular weight excluding hydrogens is 529 g/mol. The van der Waals surface area contributed by atoms with E-state index < -0.39 is 30.1 Å². The number of nitrogens with zero attached hydrogens (tertiary/aromatic N) is 2. The summed E-state index contributed by atoms with van der Waals surface area (Å²) >= 11 is 6.06. The molecule has 0 bridgehead atoms. The van der Waals surface area contributed by atoms with Gasteiger partial charge in [0, 0.05) is 28.5 Å². The quantitative estimate of drug-likeness (QED) is 0.358. The third-order valence-corrected chi connectivity index (χ3v) is 8.17. The molecule has 10 heteroatoms. The van der Waals surface area contributed by atoms with Crippen LogP contribution in [0.15, 0.2) is 48.5 Å². The molecular formula is C29H32ClF3N4O2. The maximum atomic E-state index is 13.9. The summed E-state index contributed by atoms with van der Waals surface area (Å²) in [6.45, 7) is 1.90. The molecule has 39 heavy (non-hydrogen) atoms. The van der Waals surface area contributed by atoms with E-state index in [0.29, 0.717) is 34.4 Å². The van der Waals surface area contributed by atoms with E-state index >= 15 is 0 Å². The summed E-state index contributed by atoms with van der Waals surface area (Å²) < 4.78 is 41.7.